The number of hydrogen-bond acceptors (Lipinski definition) is 6. The number of nitrogens with zero attached hydrogens (tertiary/aromatic N) is 2. The summed E-state index contributed by atoms with van der Waals surface area (Å²) in [4.78, 5) is 27.1. The van der Waals surface area contributed by atoms with Gasteiger partial charge in [-0.1, -0.05) is 6.92 Å². The van der Waals surface area contributed by atoms with Gasteiger partial charge >= 0.3 is 0 Å². The maximum atomic E-state index is 9.47. The minimum absolute atomic E-state index is 0.414. The molecular weight excluding hydrogens is 140 g/mol. The molecule has 0 radical (unpaired) electrons. The van der Waals surface area contributed by atoms with Crippen LogP contribution in [0.5, 0.6) is 0 Å². The first kappa shape index (κ1) is 8.80. The van der Waals surface area contributed by atoms with Crippen LogP contribution in [0.3, 0.4) is 0 Å². The second-order valence-corrected chi connectivity index (χ2v) is 1.58. The maximum absolute atomic E-state index is 9.47. The molecule has 0 aromatic carbocycles. The average molecular weight is 148 g/mol. The van der Waals surface area contributed by atoms with Crippen molar-refractivity contribution in [2.24, 2.45) is 10.7 Å². The fourth-order valence-electron chi connectivity index (χ4n) is 0.456. The summed E-state index contributed by atoms with van der Waals surface area (Å²) in [6, 6.07) is 0. The van der Waals surface area contributed by atoms with E-state index in [2.05, 4.69) is 20.4 Å². The fourth-order valence-corrected chi connectivity index (χ4v) is 0.456. The van der Waals surface area contributed by atoms with Gasteiger partial charge in [-0.25, -0.2) is 0 Å². The summed E-state index contributed by atoms with van der Waals surface area (Å²) in [5, 5.41) is 4.20. The first-order valence-corrected chi connectivity index (χ1v) is 2.82. The molecule has 0 unspecified atom stereocenters. The average Bonchev–Trinajstić information content (AvgIpc) is 1.90. The Morgan fingerprint density at radius 2 is 1.80 bits per heavy atom. The highest BCUT2D eigenvalue weighted by Crippen LogP contribution is 2.03. The third-order valence-electron chi connectivity index (χ3n) is 0.846. The Bertz CT molecular complexity index is 97.4. The first-order chi connectivity index (χ1) is 4.85. The highest BCUT2D eigenvalue weighted by Gasteiger charge is 2.09. The lowest BCUT2D eigenvalue weighted by atomic mass is 10.3. The molecule has 6 heteroatoms. The lowest BCUT2D eigenvalue weighted by Gasteiger charge is -2.05. The van der Waals surface area contributed by atoms with Gasteiger partial charge in [0.25, 0.3) is 6.29 Å². The van der Waals surface area contributed by atoms with Crippen LogP contribution in [-0.4, -0.2) is 6.29 Å². The molecule has 0 aliphatic rings. The van der Waals surface area contributed by atoms with Gasteiger partial charge in [-0.3, -0.25) is 0 Å². The zero-order valence-electron chi connectivity index (χ0n) is 5.52. The van der Waals surface area contributed by atoms with E-state index in [9.17, 15) is 9.81 Å². The molecule has 0 aliphatic carbocycles. The smallest absolute Gasteiger partial charge is 0.296 e. The molecule has 10 heavy (non-hydrogen) atoms. The molecule has 0 saturated heterocycles. The molecule has 0 bridgehead atoms. The normalized spacial score (nSPS) is 9.00. The quantitative estimate of drug-likeness (QED) is 0.325. The van der Waals surface area contributed by atoms with Crippen LogP contribution in [0.25, 0.3) is 0 Å². The van der Waals surface area contributed by atoms with Gasteiger partial charge in [0.05, 0.1) is 0 Å². The first-order valence-electron chi connectivity index (χ1n) is 2.82. The molecule has 0 atom stereocenters. The van der Waals surface area contributed by atoms with Crippen molar-refractivity contribution in [2.45, 2.75) is 26.1 Å². The summed E-state index contributed by atoms with van der Waals surface area (Å²) < 4.78 is 0. The Hall–Kier alpha value is -1.20. The van der Waals surface area contributed by atoms with E-state index in [-0.39, 0.29) is 0 Å². The Kier molecular flexibility index (Phi) is 5.22. The third kappa shape index (κ3) is 3.76. The van der Waals surface area contributed by atoms with Crippen LogP contribution in [0.2, 0.25) is 0 Å². The van der Waals surface area contributed by atoms with Gasteiger partial charge in [0, 0.05) is 6.42 Å². The van der Waals surface area contributed by atoms with E-state index in [0.717, 1.165) is 6.42 Å². The fraction of sp³-hybridized carbons (Fsp3) is 1.00. The van der Waals surface area contributed by atoms with Crippen LogP contribution >= 0.6 is 0 Å². The summed E-state index contributed by atoms with van der Waals surface area (Å²) in [6.07, 6.45) is 0.202. The van der Waals surface area contributed by atoms with E-state index in [1.54, 1.807) is 0 Å². The second kappa shape index (κ2) is 5.93. The van der Waals surface area contributed by atoms with E-state index >= 15 is 0 Å². The highest BCUT2D eigenvalue weighted by atomic mass is 16.9. The van der Waals surface area contributed by atoms with Crippen molar-refractivity contribution >= 4 is 0 Å². The maximum Gasteiger partial charge on any atom is 0.296 e. The Balaban J connectivity index is 3.48. The summed E-state index contributed by atoms with van der Waals surface area (Å²) in [5.41, 5.74) is 0. The van der Waals surface area contributed by atoms with Crippen LogP contribution < -0.4 is 0 Å². The molecule has 6 nitrogen and oxygen atoms in total. The van der Waals surface area contributed by atoms with Gasteiger partial charge in [-0.15, -0.1) is 9.81 Å². The van der Waals surface area contributed by atoms with Crippen LogP contribution in [0.15, 0.2) is 10.7 Å². The summed E-state index contributed by atoms with van der Waals surface area (Å²) >= 11 is 0. The molecule has 0 saturated carbocycles. The van der Waals surface area contributed by atoms with Crippen LogP contribution in [0.1, 0.15) is 19.8 Å². The zero-order chi connectivity index (χ0) is 7.82. The van der Waals surface area contributed by atoms with Gasteiger partial charge in [-0.05, 0) is 6.42 Å². The lowest BCUT2D eigenvalue weighted by molar-refractivity contribution is -0.148. The molecular formula is C4H8N2O4. The predicted molar refractivity (Wildman–Crippen MR) is 32.5 cm³/mol. The van der Waals surface area contributed by atoms with Crippen molar-refractivity contribution in [1.29, 1.82) is 0 Å². The molecule has 0 rings (SSSR count). The summed E-state index contributed by atoms with van der Waals surface area (Å²) in [5.74, 6) is 0. The Labute approximate surface area is 57.4 Å². The molecule has 0 heterocycles. The molecule has 0 aliphatic heterocycles. The molecule has 58 valence electrons. The van der Waals surface area contributed by atoms with Crippen molar-refractivity contribution in [3.63, 3.8) is 0 Å². The third-order valence-corrected chi connectivity index (χ3v) is 0.846. The number of hydrogen-bond donors (Lipinski definition) is 0. The topological polar surface area (TPSA) is 77.3 Å². The molecule has 0 aromatic heterocycles. The van der Waals surface area contributed by atoms with E-state index in [1.807, 2.05) is 6.92 Å². The summed E-state index contributed by atoms with van der Waals surface area (Å²) in [6.45, 7) is 1.84. The zero-order valence-corrected chi connectivity index (χ0v) is 5.52. The monoisotopic (exact) mass is 148 g/mol. The van der Waals surface area contributed by atoms with E-state index in [0.29, 0.717) is 6.42 Å². The molecule has 0 fully saturated rings. The lowest BCUT2D eigenvalue weighted by Crippen LogP contribution is -2.10. The molecule has 0 spiro atoms. The Morgan fingerprint density at radius 1 is 1.30 bits per heavy atom. The second-order valence-electron chi connectivity index (χ2n) is 1.58. The van der Waals surface area contributed by atoms with Crippen LogP contribution in [0, 0.1) is 9.81 Å². The number of rotatable bonds is 6. The van der Waals surface area contributed by atoms with Crippen molar-refractivity contribution in [1.82, 2.24) is 0 Å². The van der Waals surface area contributed by atoms with Crippen LogP contribution in [0.4, 0.5) is 0 Å². The van der Waals surface area contributed by atoms with Crippen molar-refractivity contribution < 1.29 is 9.68 Å². The van der Waals surface area contributed by atoms with Gasteiger partial charge in [-0.2, -0.15) is 0 Å². The molecule has 0 N–H and O–H groups in total. The predicted octanol–water partition coefficient (Wildman–Crippen LogP) is 1.51. The standard InChI is InChI=1S/C4H8N2O4/c1-2-3-4(9-5-7)10-6-8/h4H,2-3H2,1H3. The van der Waals surface area contributed by atoms with Gasteiger partial charge in [0.15, 0.2) is 10.7 Å². The SMILES string of the molecule is CCCC(ON=O)ON=O. The van der Waals surface area contributed by atoms with Gasteiger partial charge < -0.3 is 9.68 Å². The van der Waals surface area contributed by atoms with Crippen molar-refractivity contribution in [3.8, 4) is 0 Å². The van der Waals surface area contributed by atoms with Crippen molar-refractivity contribution in [3.05, 3.63) is 9.81 Å². The van der Waals surface area contributed by atoms with E-state index in [4.69, 9.17) is 0 Å². The van der Waals surface area contributed by atoms with E-state index < -0.39 is 6.29 Å². The molecule has 0 aromatic rings. The minimum Gasteiger partial charge on any atom is -0.316 e. The van der Waals surface area contributed by atoms with Gasteiger partial charge in [0.1, 0.15) is 0 Å². The summed E-state index contributed by atoms with van der Waals surface area (Å²) in [7, 11) is 0. The van der Waals surface area contributed by atoms with E-state index in [1.165, 1.54) is 0 Å². The molecule has 0 amide bonds. The highest BCUT2D eigenvalue weighted by molar-refractivity contribution is 4.38. The Morgan fingerprint density at radius 3 is 2.10 bits per heavy atom. The largest absolute Gasteiger partial charge is 0.316 e. The van der Waals surface area contributed by atoms with Crippen LogP contribution in [-0.2, 0) is 9.68 Å². The minimum atomic E-state index is -0.931. The van der Waals surface area contributed by atoms with Gasteiger partial charge in [0.2, 0.25) is 0 Å². The van der Waals surface area contributed by atoms with Crippen molar-refractivity contribution in [2.75, 3.05) is 0 Å².